The van der Waals surface area contributed by atoms with Gasteiger partial charge in [-0.3, -0.25) is 0 Å². The molecule has 0 bridgehead atoms. The molecule has 114 valence electrons. The van der Waals surface area contributed by atoms with Crippen LogP contribution in [0.2, 0.25) is 0 Å². The zero-order valence-electron chi connectivity index (χ0n) is 11.9. The highest BCUT2D eigenvalue weighted by molar-refractivity contribution is 5.52. The molecule has 0 aliphatic carbocycles. The summed E-state index contributed by atoms with van der Waals surface area (Å²) in [6.07, 6.45) is 2.11. The number of benzene rings is 1. The van der Waals surface area contributed by atoms with Crippen molar-refractivity contribution in [3.8, 4) is 5.75 Å². The smallest absolute Gasteiger partial charge is 0.416 e. The standard InChI is InChI=1S/C16H17F3O2/c1-3-6-13(7-4-5-10-20)21-14-9-8-12(2)15(11-14)16(17,18)19/h4,6-11H,3,5H2,1-2H3/b7-4-,13-6+. The second-order valence-corrected chi connectivity index (χ2v) is 4.40. The summed E-state index contributed by atoms with van der Waals surface area (Å²) in [4.78, 5) is 10.3. The van der Waals surface area contributed by atoms with Crippen molar-refractivity contribution < 1.29 is 22.7 Å². The van der Waals surface area contributed by atoms with E-state index < -0.39 is 11.7 Å². The molecule has 0 fully saturated rings. The lowest BCUT2D eigenvalue weighted by Crippen LogP contribution is -2.07. The lowest BCUT2D eigenvalue weighted by atomic mass is 10.1. The van der Waals surface area contributed by atoms with E-state index in [-0.39, 0.29) is 17.7 Å². The lowest BCUT2D eigenvalue weighted by Gasteiger charge is -2.13. The van der Waals surface area contributed by atoms with E-state index in [0.717, 1.165) is 12.4 Å². The van der Waals surface area contributed by atoms with Crippen molar-refractivity contribution in [3.63, 3.8) is 0 Å². The number of alkyl halides is 3. The summed E-state index contributed by atoms with van der Waals surface area (Å²) in [6, 6.07) is 3.84. The fourth-order valence-corrected chi connectivity index (χ4v) is 1.69. The van der Waals surface area contributed by atoms with Crippen LogP contribution in [-0.4, -0.2) is 6.29 Å². The SMILES string of the molecule is CC/C=C(\C=C/CC=O)Oc1ccc(C)c(C(F)(F)F)c1. The summed E-state index contributed by atoms with van der Waals surface area (Å²) in [5.41, 5.74) is -0.569. The molecule has 0 aliphatic heterocycles. The van der Waals surface area contributed by atoms with E-state index in [1.807, 2.05) is 6.92 Å². The van der Waals surface area contributed by atoms with Crippen molar-refractivity contribution in [1.82, 2.24) is 0 Å². The molecule has 0 aromatic heterocycles. The van der Waals surface area contributed by atoms with Crippen LogP contribution in [0.5, 0.6) is 5.75 Å². The van der Waals surface area contributed by atoms with Gasteiger partial charge in [0.2, 0.25) is 0 Å². The number of aldehydes is 1. The van der Waals surface area contributed by atoms with Gasteiger partial charge in [0.05, 0.1) is 5.56 Å². The molecule has 0 heterocycles. The van der Waals surface area contributed by atoms with Crippen LogP contribution in [0.3, 0.4) is 0 Å². The molecule has 0 aliphatic rings. The Morgan fingerprint density at radius 1 is 1.33 bits per heavy atom. The molecule has 1 aromatic carbocycles. The van der Waals surface area contributed by atoms with Gasteiger partial charge in [0.1, 0.15) is 17.8 Å². The van der Waals surface area contributed by atoms with Crippen LogP contribution >= 0.6 is 0 Å². The highest BCUT2D eigenvalue weighted by Gasteiger charge is 2.32. The first-order valence-corrected chi connectivity index (χ1v) is 6.54. The Balaban J connectivity index is 3.00. The summed E-state index contributed by atoms with van der Waals surface area (Å²) >= 11 is 0. The zero-order valence-corrected chi connectivity index (χ0v) is 11.9. The van der Waals surface area contributed by atoms with Gasteiger partial charge in [0, 0.05) is 6.42 Å². The minimum Gasteiger partial charge on any atom is -0.458 e. The van der Waals surface area contributed by atoms with Gasteiger partial charge in [-0.15, -0.1) is 0 Å². The van der Waals surface area contributed by atoms with Crippen molar-refractivity contribution in [1.29, 1.82) is 0 Å². The number of aryl methyl sites for hydroxylation is 1. The van der Waals surface area contributed by atoms with Gasteiger partial charge in [-0.1, -0.05) is 19.1 Å². The number of halogens is 3. The van der Waals surface area contributed by atoms with Crippen LogP contribution in [0.25, 0.3) is 0 Å². The van der Waals surface area contributed by atoms with Gasteiger partial charge in [-0.05, 0) is 43.2 Å². The van der Waals surface area contributed by atoms with E-state index in [1.54, 1.807) is 18.2 Å². The van der Waals surface area contributed by atoms with Crippen molar-refractivity contribution >= 4 is 6.29 Å². The highest BCUT2D eigenvalue weighted by atomic mass is 19.4. The first kappa shape index (κ1) is 17.0. The zero-order chi connectivity index (χ0) is 15.9. The lowest BCUT2D eigenvalue weighted by molar-refractivity contribution is -0.138. The van der Waals surface area contributed by atoms with Gasteiger partial charge in [-0.25, -0.2) is 0 Å². The number of carbonyl (C=O) groups is 1. The first-order valence-electron chi connectivity index (χ1n) is 6.54. The molecular weight excluding hydrogens is 281 g/mol. The minimum absolute atomic E-state index is 0.114. The summed E-state index contributed by atoms with van der Waals surface area (Å²) < 4.78 is 44.0. The van der Waals surface area contributed by atoms with Crippen LogP contribution in [0.15, 0.2) is 42.2 Å². The maximum absolute atomic E-state index is 12.8. The Bertz CT molecular complexity index is 543. The summed E-state index contributed by atoms with van der Waals surface area (Å²) in [5.74, 6) is 0.528. The molecule has 0 amide bonds. The third kappa shape index (κ3) is 5.45. The summed E-state index contributed by atoms with van der Waals surface area (Å²) in [5, 5.41) is 0. The molecule has 0 unspecified atom stereocenters. The average molecular weight is 298 g/mol. The van der Waals surface area contributed by atoms with Gasteiger partial charge >= 0.3 is 6.18 Å². The average Bonchev–Trinajstić information content (AvgIpc) is 2.40. The molecule has 1 aromatic rings. The van der Waals surface area contributed by atoms with Crippen LogP contribution < -0.4 is 4.74 Å². The molecule has 5 heteroatoms. The van der Waals surface area contributed by atoms with Gasteiger partial charge in [0.25, 0.3) is 0 Å². The maximum Gasteiger partial charge on any atom is 0.416 e. The van der Waals surface area contributed by atoms with E-state index in [9.17, 15) is 18.0 Å². The Morgan fingerprint density at radius 2 is 2.05 bits per heavy atom. The van der Waals surface area contributed by atoms with E-state index in [1.165, 1.54) is 19.1 Å². The number of hydrogen-bond donors (Lipinski definition) is 0. The molecule has 0 radical (unpaired) electrons. The Morgan fingerprint density at radius 3 is 2.62 bits per heavy atom. The molecule has 0 atom stereocenters. The van der Waals surface area contributed by atoms with Crippen molar-refractivity contribution in [2.45, 2.75) is 32.9 Å². The van der Waals surface area contributed by atoms with Crippen LogP contribution in [0.1, 0.15) is 30.9 Å². The summed E-state index contributed by atoms with van der Waals surface area (Å²) in [7, 11) is 0. The molecule has 0 saturated heterocycles. The molecule has 21 heavy (non-hydrogen) atoms. The number of hydrogen-bond acceptors (Lipinski definition) is 2. The highest BCUT2D eigenvalue weighted by Crippen LogP contribution is 2.34. The fraction of sp³-hybridized carbons (Fsp3) is 0.312. The third-order valence-corrected chi connectivity index (χ3v) is 2.67. The number of carbonyl (C=O) groups excluding carboxylic acids is 1. The number of rotatable bonds is 6. The van der Waals surface area contributed by atoms with Gasteiger partial charge < -0.3 is 9.53 Å². The maximum atomic E-state index is 12.8. The quantitative estimate of drug-likeness (QED) is 0.427. The first-order chi connectivity index (χ1) is 9.88. The van der Waals surface area contributed by atoms with E-state index >= 15 is 0 Å². The van der Waals surface area contributed by atoms with E-state index in [4.69, 9.17) is 4.74 Å². The van der Waals surface area contributed by atoms with Crippen molar-refractivity contribution in [3.05, 3.63) is 53.3 Å². The topological polar surface area (TPSA) is 26.3 Å². The largest absolute Gasteiger partial charge is 0.458 e. The van der Waals surface area contributed by atoms with Gasteiger partial charge in [0.15, 0.2) is 0 Å². The predicted molar refractivity (Wildman–Crippen MR) is 75.0 cm³/mol. The summed E-state index contributed by atoms with van der Waals surface area (Å²) in [6.45, 7) is 3.28. The van der Waals surface area contributed by atoms with Gasteiger partial charge in [-0.2, -0.15) is 13.2 Å². The normalized spacial score (nSPS) is 12.7. The molecule has 2 nitrogen and oxygen atoms in total. The monoisotopic (exact) mass is 298 g/mol. The molecule has 0 N–H and O–H groups in total. The van der Waals surface area contributed by atoms with E-state index in [0.29, 0.717) is 12.2 Å². The minimum atomic E-state index is -4.41. The second-order valence-electron chi connectivity index (χ2n) is 4.40. The fourth-order valence-electron chi connectivity index (χ4n) is 1.69. The molecule has 0 saturated carbocycles. The molecular formula is C16H17F3O2. The number of allylic oxidation sites excluding steroid dienone is 3. The van der Waals surface area contributed by atoms with Crippen LogP contribution in [0, 0.1) is 6.92 Å². The predicted octanol–water partition coefficient (Wildman–Crippen LogP) is 4.83. The van der Waals surface area contributed by atoms with Crippen molar-refractivity contribution in [2.24, 2.45) is 0 Å². The Kier molecular flexibility index (Phi) is 6.21. The van der Waals surface area contributed by atoms with Crippen molar-refractivity contribution in [2.75, 3.05) is 0 Å². The molecule has 1 rings (SSSR count). The second kappa shape index (κ2) is 7.67. The Labute approximate surface area is 121 Å². The number of ether oxygens (including phenoxy) is 1. The van der Waals surface area contributed by atoms with Crippen LogP contribution in [0.4, 0.5) is 13.2 Å². The third-order valence-electron chi connectivity index (χ3n) is 2.67. The van der Waals surface area contributed by atoms with Crippen LogP contribution in [-0.2, 0) is 11.0 Å². The van der Waals surface area contributed by atoms with E-state index in [2.05, 4.69) is 0 Å². The molecule has 0 spiro atoms. The Hall–Kier alpha value is -2.04.